The van der Waals surface area contributed by atoms with E-state index in [1.165, 1.54) is 39.5 Å². The molecule has 0 aromatic heterocycles. The Morgan fingerprint density at radius 1 is 1.00 bits per heavy atom. The molecule has 0 spiro atoms. The van der Waals surface area contributed by atoms with E-state index < -0.39 is 16.7 Å². The Kier molecular flexibility index (Phi) is 5.81. The Morgan fingerprint density at radius 2 is 1.59 bits per heavy atom. The predicted octanol–water partition coefficient (Wildman–Crippen LogP) is 1.97. The van der Waals surface area contributed by atoms with Crippen LogP contribution in [0.25, 0.3) is 0 Å². The van der Waals surface area contributed by atoms with Gasteiger partial charge in [-0.1, -0.05) is 0 Å². The van der Waals surface area contributed by atoms with Gasteiger partial charge in [-0.05, 0) is 24.3 Å². The monoisotopic (exact) mass is 375 g/mol. The van der Waals surface area contributed by atoms with Crippen molar-refractivity contribution in [1.29, 1.82) is 0 Å². The average molecular weight is 375 g/mol. The fraction of sp³-hybridized carbons (Fsp3) is 0.176. The van der Waals surface area contributed by atoms with Crippen molar-refractivity contribution in [2.45, 2.75) is 0 Å². The first kappa shape index (κ1) is 19.5. The van der Waals surface area contributed by atoms with Crippen LogP contribution in [0, 0.1) is 10.1 Å². The minimum absolute atomic E-state index is 0.0146. The number of carbonyl (C=O) groups excluding carboxylic acids is 2. The first-order valence-corrected chi connectivity index (χ1v) is 7.52. The molecule has 0 heterocycles. The van der Waals surface area contributed by atoms with Crippen molar-refractivity contribution in [3.8, 4) is 17.2 Å². The summed E-state index contributed by atoms with van der Waals surface area (Å²) in [4.78, 5) is 34.4. The van der Waals surface area contributed by atoms with Gasteiger partial charge >= 0.3 is 0 Å². The van der Waals surface area contributed by atoms with E-state index in [0.717, 1.165) is 12.1 Å². The lowest BCUT2D eigenvalue weighted by Crippen LogP contribution is -2.16. The van der Waals surface area contributed by atoms with Crippen LogP contribution in [-0.2, 0) is 0 Å². The first-order valence-electron chi connectivity index (χ1n) is 7.52. The lowest BCUT2D eigenvalue weighted by atomic mass is 10.1. The third kappa shape index (κ3) is 4.06. The van der Waals surface area contributed by atoms with E-state index in [0.29, 0.717) is 5.75 Å². The number of nitrogens with zero attached hydrogens (tertiary/aromatic N) is 1. The number of hydrogen-bond acceptors (Lipinski definition) is 7. The van der Waals surface area contributed by atoms with Gasteiger partial charge in [0.05, 0.1) is 26.3 Å². The number of methoxy groups -OCH3 is 3. The summed E-state index contributed by atoms with van der Waals surface area (Å²) in [6.07, 6.45) is 0. The second-order valence-corrected chi connectivity index (χ2v) is 5.22. The summed E-state index contributed by atoms with van der Waals surface area (Å²) in [6.45, 7) is 0. The Labute approximate surface area is 154 Å². The van der Waals surface area contributed by atoms with Gasteiger partial charge in [-0.15, -0.1) is 0 Å². The Morgan fingerprint density at radius 3 is 2.04 bits per heavy atom. The number of rotatable bonds is 7. The molecule has 10 nitrogen and oxygen atoms in total. The van der Waals surface area contributed by atoms with Crippen molar-refractivity contribution in [2.75, 3.05) is 26.6 Å². The van der Waals surface area contributed by atoms with Crippen molar-refractivity contribution in [1.82, 2.24) is 0 Å². The summed E-state index contributed by atoms with van der Waals surface area (Å²) in [7, 11) is 4.19. The van der Waals surface area contributed by atoms with Crippen LogP contribution in [0.3, 0.4) is 0 Å². The highest BCUT2D eigenvalue weighted by Crippen LogP contribution is 2.38. The van der Waals surface area contributed by atoms with Gasteiger partial charge in [0.1, 0.15) is 5.69 Å². The SMILES string of the molecule is COc1cc(C(=O)Nc2cc(C(N)=O)ccc2[N+](=O)[O-])cc(OC)c1OC. The molecule has 0 atom stereocenters. The van der Waals surface area contributed by atoms with Gasteiger partial charge in [0.25, 0.3) is 11.6 Å². The summed E-state index contributed by atoms with van der Waals surface area (Å²) in [5, 5.41) is 13.6. The molecule has 0 aliphatic rings. The molecule has 0 fully saturated rings. The van der Waals surface area contributed by atoms with Crippen LogP contribution >= 0.6 is 0 Å². The number of nitrogens with two attached hydrogens (primary N) is 1. The van der Waals surface area contributed by atoms with Gasteiger partial charge in [-0.3, -0.25) is 19.7 Å². The fourth-order valence-corrected chi connectivity index (χ4v) is 2.36. The number of primary amides is 1. The molecule has 142 valence electrons. The largest absolute Gasteiger partial charge is 0.493 e. The lowest BCUT2D eigenvalue weighted by molar-refractivity contribution is -0.383. The third-order valence-electron chi connectivity index (χ3n) is 3.65. The summed E-state index contributed by atoms with van der Waals surface area (Å²) in [5.74, 6) is -0.699. The molecule has 2 aromatic rings. The standard InChI is InChI=1S/C17H17N3O7/c1-25-13-7-10(8-14(26-2)15(13)27-3)17(22)19-11-6-9(16(18)21)4-5-12(11)20(23)24/h4-8H,1-3H3,(H2,18,21)(H,19,22). The van der Waals surface area contributed by atoms with Gasteiger partial charge in [0.15, 0.2) is 11.5 Å². The summed E-state index contributed by atoms with van der Waals surface area (Å²) >= 11 is 0. The smallest absolute Gasteiger partial charge is 0.292 e. The fourth-order valence-electron chi connectivity index (χ4n) is 2.36. The molecular weight excluding hydrogens is 358 g/mol. The topological polar surface area (TPSA) is 143 Å². The van der Waals surface area contributed by atoms with E-state index in [9.17, 15) is 19.7 Å². The zero-order chi connectivity index (χ0) is 20.1. The zero-order valence-corrected chi connectivity index (χ0v) is 14.8. The molecule has 2 rings (SSSR count). The van der Waals surface area contributed by atoms with Gasteiger partial charge in [-0.2, -0.15) is 0 Å². The van der Waals surface area contributed by atoms with Crippen molar-refractivity contribution in [3.05, 3.63) is 51.6 Å². The molecule has 3 N–H and O–H groups in total. The molecule has 0 saturated heterocycles. The first-order chi connectivity index (χ1) is 12.8. The van der Waals surface area contributed by atoms with E-state index in [1.807, 2.05) is 0 Å². The number of carbonyl (C=O) groups is 2. The second kappa shape index (κ2) is 8.04. The molecular formula is C17H17N3O7. The molecule has 0 unspecified atom stereocenters. The van der Waals surface area contributed by atoms with E-state index in [2.05, 4.69) is 5.32 Å². The summed E-state index contributed by atoms with van der Waals surface area (Å²) in [6, 6.07) is 6.21. The highest BCUT2D eigenvalue weighted by atomic mass is 16.6. The Balaban J connectivity index is 2.47. The molecule has 2 amide bonds. The minimum Gasteiger partial charge on any atom is -0.493 e. The van der Waals surface area contributed by atoms with Crippen LogP contribution in [0.1, 0.15) is 20.7 Å². The van der Waals surface area contributed by atoms with E-state index in [4.69, 9.17) is 19.9 Å². The molecule has 0 aliphatic heterocycles. The number of nitrogens with one attached hydrogen (secondary N) is 1. The van der Waals surface area contributed by atoms with Crippen LogP contribution in [0.15, 0.2) is 30.3 Å². The summed E-state index contributed by atoms with van der Waals surface area (Å²) in [5.41, 5.74) is 4.75. The highest BCUT2D eigenvalue weighted by molar-refractivity contribution is 6.07. The van der Waals surface area contributed by atoms with Gasteiger partial charge in [-0.25, -0.2) is 0 Å². The normalized spacial score (nSPS) is 10.0. The number of nitro benzene ring substituents is 1. The lowest BCUT2D eigenvalue weighted by Gasteiger charge is -2.14. The van der Waals surface area contributed by atoms with Crippen molar-refractivity contribution in [2.24, 2.45) is 5.73 Å². The van der Waals surface area contributed by atoms with Crippen LogP contribution < -0.4 is 25.3 Å². The minimum atomic E-state index is -0.784. The molecule has 0 aliphatic carbocycles. The van der Waals surface area contributed by atoms with Crippen molar-refractivity contribution >= 4 is 23.2 Å². The van der Waals surface area contributed by atoms with E-state index in [-0.39, 0.29) is 34.0 Å². The maximum absolute atomic E-state index is 12.6. The number of amides is 2. The summed E-state index contributed by atoms with van der Waals surface area (Å²) < 4.78 is 15.5. The van der Waals surface area contributed by atoms with Gasteiger partial charge < -0.3 is 25.3 Å². The number of hydrogen-bond donors (Lipinski definition) is 2. The van der Waals surface area contributed by atoms with Crippen LogP contribution in [-0.4, -0.2) is 38.1 Å². The molecule has 10 heteroatoms. The Bertz CT molecular complexity index is 886. The number of anilines is 1. The average Bonchev–Trinajstić information content (AvgIpc) is 2.66. The molecule has 0 saturated carbocycles. The zero-order valence-electron chi connectivity index (χ0n) is 14.8. The van der Waals surface area contributed by atoms with E-state index in [1.54, 1.807) is 0 Å². The quantitative estimate of drug-likeness (QED) is 0.556. The van der Waals surface area contributed by atoms with Crippen molar-refractivity contribution in [3.63, 3.8) is 0 Å². The molecule has 2 aromatic carbocycles. The predicted molar refractivity (Wildman–Crippen MR) is 95.7 cm³/mol. The van der Waals surface area contributed by atoms with Gasteiger partial charge in [0.2, 0.25) is 11.7 Å². The van der Waals surface area contributed by atoms with Crippen LogP contribution in [0.5, 0.6) is 17.2 Å². The number of nitro groups is 1. The van der Waals surface area contributed by atoms with Crippen molar-refractivity contribution < 1.29 is 28.7 Å². The highest BCUT2D eigenvalue weighted by Gasteiger charge is 2.21. The number of ether oxygens (including phenoxy) is 3. The molecule has 0 radical (unpaired) electrons. The molecule has 0 bridgehead atoms. The van der Waals surface area contributed by atoms with E-state index >= 15 is 0 Å². The number of benzene rings is 2. The van der Waals surface area contributed by atoms with Gasteiger partial charge in [0, 0.05) is 17.2 Å². The maximum Gasteiger partial charge on any atom is 0.292 e. The van der Waals surface area contributed by atoms with Crippen LogP contribution in [0.2, 0.25) is 0 Å². The second-order valence-electron chi connectivity index (χ2n) is 5.22. The maximum atomic E-state index is 12.6. The Hall–Kier alpha value is -3.82. The van der Waals surface area contributed by atoms with Crippen LogP contribution in [0.4, 0.5) is 11.4 Å². The molecule has 27 heavy (non-hydrogen) atoms. The third-order valence-corrected chi connectivity index (χ3v) is 3.65.